The number of ketones is 1. The highest BCUT2D eigenvalue weighted by molar-refractivity contribution is 9.10. The van der Waals surface area contributed by atoms with Crippen molar-refractivity contribution in [2.75, 3.05) is 5.32 Å². The van der Waals surface area contributed by atoms with E-state index in [1.807, 2.05) is 61.5 Å². The maximum Gasteiger partial charge on any atom is 0.291 e. The van der Waals surface area contributed by atoms with Crippen molar-refractivity contribution in [1.29, 1.82) is 0 Å². The van der Waals surface area contributed by atoms with Gasteiger partial charge in [-0.3, -0.25) is 9.59 Å². The van der Waals surface area contributed by atoms with Gasteiger partial charge in [0, 0.05) is 22.3 Å². The fourth-order valence-corrected chi connectivity index (χ4v) is 2.98. The van der Waals surface area contributed by atoms with Crippen molar-refractivity contribution in [1.82, 2.24) is 9.78 Å². The van der Waals surface area contributed by atoms with E-state index in [1.165, 1.54) is 11.6 Å². The molecule has 0 spiro atoms. The highest BCUT2D eigenvalue weighted by Crippen LogP contribution is 2.27. The summed E-state index contributed by atoms with van der Waals surface area (Å²) in [5.74, 6) is -0.212. The number of carbonyl (C=O) groups is 1. The van der Waals surface area contributed by atoms with E-state index in [0.29, 0.717) is 17.8 Å². The third-order valence-corrected chi connectivity index (χ3v) is 4.50. The average molecular weight is 412 g/mol. The van der Waals surface area contributed by atoms with Gasteiger partial charge in [0.15, 0.2) is 5.78 Å². The van der Waals surface area contributed by atoms with Crippen molar-refractivity contribution in [3.63, 3.8) is 0 Å². The van der Waals surface area contributed by atoms with Gasteiger partial charge in [-0.1, -0.05) is 46.3 Å². The van der Waals surface area contributed by atoms with E-state index < -0.39 is 0 Å². The molecule has 0 amide bonds. The number of aryl methyl sites for hydroxylation is 1. The zero-order chi connectivity index (χ0) is 18.7. The number of halogens is 1. The zero-order valence-corrected chi connectivity index (χ0v) is 16.1. The molecule has 2 aromatic carbocycles. The van der Waals surface area contributed by atoms with Gasteiger partial charge in [-0.25, -0.2) is 4.68 Å². The Hall–Kier alpha value is -2.73. The maximum atomic E-state index is 12.9. The lowest BCUT2D eigenvalue weighted by Gasteiger charge is -2.16. The number of Topliss-reactive ketones (excluding diaryl/α,β-unsaturated/α-hetero) is 1. The number of anilines is 2. The number of hydrogen-bond acceptors (Lipinski definition) is 4. The van der Waals surface area contributed by atoms with E-state index in [4.69, 9.17) is 0 Å². The zero-order valence-electron chi connectivity index (χ0n) is 14.5. The first kappa shape index (κ1) is 18.1. The summed E-state index contributed by atoms with van der Waals surface area (Å²) in [6.45, 7) is 3.71. The van der Waals surface area contributed by atoms with Crippen LogP contribution in [0.1, 0.15) is 24.2 Å². The topological polar surface area (TPSA) is 64.0 Å². The van der Waals surface area contributed by atoms with Crippen LogP contribution < -0.4 is 10.9 Å². The van der Waals surface area contributed by atoms with Crippen LogP contribution in [-0.4, -0.2) is 15.6 Å². The number of rotatable bonds is 5. The first-order valence-corrected chi connectivity index (χ1v) is 9.04. The molecule has 0 aliphatic heterocycles. The Morgan fingerprint density at radius 2 is 1.77 bits per heavy atom. The predicted octanol–water partition coefficient (Wildman–Crippen LogP) is 4.64. The van der Waals surface area contributed by atoms with Gasteiger partial charge >= 0.3 is 0 Å². The fraction of sp³-hybridized carbons (Fsp3) is 0.150. The minimum Gasteiger partial charge on any atom is -0.350 e. The fourth-order valence-electron chi connectivity index (χ4n) is 2.72. The standard InChI is InChI=1S/C20H18BrN3O2/c1-3-24-20(26)19(22-16-11-9-15(21)10-12-16)17(13(2)25)18(23-24)14-7-5-4-6-8-14/h4-12,22H,3H2,1-2H3. The van der Waals surface area contributed by atoms with E-state index in [-0.39, 0.29) is 17.0 Å². The largest absolute Gasteiger partial charge is 0.350 e. The van der Waals surface area contributed by atoms with Crippen molar-refractivity contribution < 1.29 is 4.79 Å². The molecular formula is C20H18BrN3O2. The van der Waals surface area contributed by atoms with Crippen LogP contribution in [0.5, 0.6) is 0 Å². The van der Waals surface area contributed by atoms with E-state index in [9.17, 15) is 9.59 Å². The van der Waals surface area contributed by atoms with Crippen LogP contribution in [0, 0.1) is 0 Å². The van der Waals surface area contributed by atoms with Gasteiger partial charge in [-0.2, -0.15) is 5.10 Å². The molecule has 5 nitrogen and oxygen atoms in total. The number of carbonyl (C=O) groups excluding carboxylic acids is 1. The Kier molecular flexibility index (Phi) is 5.32. The molecule has 1 N–H and O–H groups in total. The molecule has 0 aliphatic rings. The Bertz CT molecular complexity index is 996. The van der Waals surface area contributed by atoms with Crippen LogP contribution in [0.4, 0.5) is 11.4 Å². The summed E-state index contributed by atoms with van der Waals surface area (Å²) in [6.07, 6.45) is 0. The van der Waals surface area contributed by atoms with Crippen LogP contribution in [0.3, 0.4) is 0 Å². The van der Waals surface area contributed by atoms with Crippen molar-refractivity contribution in [3.05, 3.63) is 75.0 Å². The van der Waals surface area contributed by atoms with E-state index in [2.05, 4.69) is 26.3 Å². The molecular weight excluding hydrogens is 394 g/mol. The minimum absolute atomic E-state index is 0.212. The van der Waals surface area contributed by atoms with Gasteiger partial charge in [0.25, 0.3) is 5.56 Å². The number of aromatic nitrogens is 2. The summed E-state index contributed by atoms with van der Waals surface area (Å²) in [6, 6.07) is 16.8. The van der Waals surface area contributed by atoms with Crippen molar-refractivity contribution in [2.24, 2.45) is 0 Å². The highest BCUT2D eigenvalue weighted by atomic mass is 79.9. The SMILES string of the molecule is CCn1nc(-c2ccccc2)c(C(C)=O)c(Nc2ccc(Br)cc2)c1=O. The van der Waals surface area contributed by atoms with Gasteiger partial charge in [-0.15, -0.1) is 0 Å². The van der Waals surface area contributed by atoms with Crippen LogP contribution in [0.25, 0.3) is 11.3 Å². The molecule has 0 fully saturated rings. The molecule has 0 saturated heterocycles. The second-order valence-corrected chi connectivity index (χ2v) is 6.69. The summed E-state index contributed by atoms with van der Waals surface area (Å²) in [5, 5.41) is 7.55. The monoisotopic (exact) mass is 411 g/mol. The third-order valence-electron chi connectivity index (χ3n) is 3.97. The number of benzene rings is 2. The summed E-state index contributed by atoms with van der Waals surface area (Å²) >= 11 is 3.39. The second-order valence-electron chi connectivity index (χ2n) is 5.77. The quantitative estimate of drug-likeness (QED) is 0.621. The van der Waals surface area contributed by atoms with E-state index in [0.717, 1.165) is 15.7 Å². The molecule has 0 unspecified atom stereocenters. The smallest absolute Gasteiger partial charge is 0.291 e. The molecule has 26 heavy (non-hydrogen) atoms. The van der Waals surface area contributed by atoms with Crippen LogP contribution in [0.2, 0.25) is 0 Å². The molecule has 1 aromatic heterocycles. The highest BCUT2D eigenvalue weighted by Gasteiger charge is 2.21. The first-order valence-electron chi connectivity index (χ1n) is 8.25. The molecule has 0 saturated carbocycles. The molecule has 0 radical (unpaired) electrons. The van der Waals surface area contributed by atoms with Gasteiger partial charge in [-0.05, 0) is 38.1 Å². The van der Waals surface area contributed by atoms with E-state index >= 15 is 0 Å². The number of hydrogen-bond donors (Lipinski definition) is 1. The van der Waals surface area contributed by atoms with Crippen molar-refractivity contribution >= 4 is 33.1 Å². The van der Waals surface area contributed by atoms with Gasteiger partial charge in [0.1, 0.15) is 11.4 Å². The summed E-state index contributed by atoms with van der Waals surface area (Å²) < 4.78 is 2.30. The van der Waals surface area contributed by atoms with E-state index in [1.54, 1.807) is 0 Å². The van der Waals surface area contributed by atoms with Crippen LogP contribution in [-0.2, 0) is 6.54 Å². The molecule has 0 atom stereocenters. The Labute approximate surface area is 159 Å². The lowest BCUT2D eigenvalue weighted by Crippen LogP contribution is -2.28. The molecule has 3 aromatic rings. The minimum atomic E-state index is -0.319. The molecule has 0 aliphatic carbocycles. The second kappa shape index (κ2) is 7.66. The Morgan fingerprint density at radius 1 is 1.12 bits per heavy atom. The maximum absolute atomic E-state index is 12.9. The van der Waals surface area contributed by atoms with Gasteiger partial charge < -0.3 is 5.32 Å². The number of nitrogens with one attached hydrogen (secondary N) is 1. The Morgan fingerprint density at radius 3 is 2.35 bits per heavy atom. The third kappa shape index (κ3) is 3.60. The summed E-state index contributed by atoms with van der Waals surface area (Å²) in [7, 11) is 0. The Balaban J connectivity index is 2.25. The van der Waals surface area contributed by atoms with Gasteiger partial charge in [0.05, 0.1) is 5.56 Å². The first-order chi connectivity index (χ1) is 12.5. The normalized spacial score (nSPS) is 10.6. The van der Waals surface area contributed by atoms with Gasteiger partial charge in [0.2, 0.25) is 0 Å². The lowest BCUT2D eigenvalue weighted by atomic mass is 10.0. The number of nitrogens with zero attached hydrogens (tertiary/aromatic N) is 2. The van der Waals surface area contributed by atoms with Crippen LogP contribution in [0.15, 0.2) is 63.9 Å². The summed E-state index contributed by atoms with van der Waals surface area (Å²) in [5.41, 5.74) is 2.24. The summed E-state index contributed by atoms with van der Waals surface area (Å²) in [4.78, 5) is 25.3. The van der Waals surface area contributed by atoms with Crippen molar-refractivity contribution in [2.45, 2.75) is 20.4 Å². The predicted molar refractivity (Wildman–Crippen MR) is 107 cm³/mol. The molecule has 0 bridgehead atoms. The molecule has 6 heteroatoms. The molecule has 132 valence electrons. The molecule has 3 rings (SSSR count). The molecule has 1 heterocycles. The van der Waals surface area contributed by atoms with Crippen LogP contribution >= 0.6 is 15.9 Å². The average Bonchev–Trinajstić information content (AvgIpc) is 2.65. The van der Waals surface area contributed by atoms with Crippen molar-refractivity contribution in [3.8, 4) is 11.3 Å². The lowest BCUT2D eigenvalue weighted by molar-refractivity contribution is 0.101.